The minimum atomic E-state index is -0.854. The molecule has 1 amide bonds. The first-order valence-electron chi connectivity index (χ1n) is 11.1. The molecule has 6 heteroatoms. The maximum atomic E-state index is 13.5. The van der Waals surface area contributed by atoms with Crippen LogP contribution < -0.4 is 11.1 Å². The Kier molecular flexibility index (Phi) is 5.48. The molecule has 4 rings (SSSR count). The van der Waals surface area contributed by atoms with E-state index in [1.54, 1.807) is 19.4 Å². The van der Waals surface area contributed by atoms with Crippen LogP contribution in [-0.2, 0) is 15.7 Å². The van der Waals surface area contributed by atoms with Crippen LogP contribution in [0.25, 0.3) is 11.1 Å². The van der Waals surface area contributed by atoms with Crippen molar-refractivity contribution in [3.05, 3.63) is 83.7 Å². The Hall–Kier alpha value is -3.67. The molecule has 2 aromatic carbocycles. The summed E-state index contributed by atoms with van der Waals surface area (Å²) in [4.78, 5) is 19.4. The van der Waals surface area contributed by atoms with Gasteiger partial charge in [-0.05, 0) is 52.8 Å². The molecular formula is C27H31N5O. The Balaban J connectivity index is 1.83. The summed E-state index contributed by atoms with van der Waals surface area (Å²) in [6.45, 7) is 8.47. The fraction of sp³-hybridized carbons (Fsp3) is 0.296. The van der Waals surface area contributed by atoms with Crippen LogP contribution in [-0.4, -0.2) is 28.8 Å². The van der Waals surface area contributed by atoms with Crippen LogP contribution in [0.15, 0.2) is 67.0 Å². The average molecular weight is 442 g/mol. The summed E-state index contributed by atoms with van der Waals surface area (Å²) in [5, 5.41) is 11.7. The molecule has 6 nitrogen and oxygen atoms in total. The molecule has 0 radical (unpaired) electrons. The van der Waals surface area contributed by atoms with Crippen LogP contribution in [0.5, 0.6) is 0 Å². The Morgan fingerprint density at radius 2 is 1.76 bits per heavy atom. The number of hydrogen-bond donors (Lipinski definition) is 3. The lowest BCUT2D eigenvalue weighted by Gasteiger charge is -2.45. The fourth-order valence-corrected chi connectivity index (χ4v) is 4.44. The Labute approximate surface area is 195 Å². The number of carbonyl (C=O) groups excluding carboxylic acids is 1. The number of nitrogens with two attached hydrogens (primary N) is 1. The third-order valence-electron chi connectivity index (χ3n) is 6.54. The first kappa shape index (κ1) is 22.5. The largest absolute Gasteiger partial charge is 0.399 e. The average Bonchev–Trinajstić information content (AvgIpc) is 2.77. The van der Waals surface area contributed by atoms with E-state index in [1.807, 2.05) is 49.4 Å². The van der Waals surface area contributed by atoms with Crippen molar-refractivity contribution in [3.8, 4) is 11.1 Å². The van der Waals surface area contributed by atoms with Crippen LogP contribution in [0, 0.1) is 5.41 Å². The predicted molar refractivity (Wildman–Crippen MR) is 133 cm³/mol. The molecule has 3 aromatic rings. The van der Waals surface area contributed by atoms with Crippen LogP contribution in [0.1, 0.15) is 50.3 Å². The number of nitrogens with zero attached hydrogens (tertiary/aromatic N) is 2. The summed E-state index contributed by atoms with van der Waals surface area (Å²) in [5.41, 5.74) is 10.6. The maximum Gasteiger partial charge on any atom is 0.239 e. The van der Waals surface area contributed by atoms with Gasteiger partial charge in [-0.1, -0.05) is 57.2 Å². The topological polar surface area (TPSA) is 95.1 Å². The van der Waals surface area contributed by atoms with Gasteiger partial charge in [0.15, 0.2) is 5.96 Å². The fourth-order valence-electron chi connectivity index (χ4n) is 4.44. The summed E-state index contributed by atoms with van der Waals surface area (Å²) in [5.74, 6) is -0.581. The molecule has 1 fully saturated rings. The number of anilines is 1. The van der Waals surface area contributed by atoms with Gasteiger partial charge < -0.3 is 11.1 Å². The highest BCUT2D eigenvalue weighted by Gasteiger charge is 2.48. The van der Waals surface area contributed by atoms with E-state index in [-0.39, 0.29) is 17.3 Å². The van der Waals surface area contributed by atoms with Crippen LogP contribution >= 0.6 is 0 Å². The van der Waals surface area contributed by atoms with Gasteiger partial charge in [-0.3, -0.25) is 20.1 Å². The number of likely N-dealkylation sites (N-methyl/N-ethyl adjacent to an activating group) is 1. The second kappa shape index (κ2) is 8.03. The molecule has 4 N–H and O–H groups in total. The normalized spacial score (nSPS) is 21.1. The highest BCUT2D eigenvalue weighted by molar-refractivity contribution is 6.02. The lowest BCUT2D eigenvalue weighted by atomic mass is 9.73. The molecule has 0 spiro atoms. The number of hydrogen-bond acceptors (Lipinski definition) is 4. The van der Waals surface area contributed by atoms with E-state index in [2.05, 4.69) is 43.2 Å². The van der Waals surface area contributed by atoms with Gasteiger partial charge >= 0.3 is 0 Å². The van der Waals surface area contributed by atoms with E-state index < -0.39 is 11.5 Å². The van der Waals surface area contributed by atoms with Gasteiger partial charge in [0.1, 0.15) is 0 Å². The number of benzene rings is 2. The molecule has 33 heavy (non-hydrogen) atoms. The van der Waals surface area contributed by atoms with Gasteiger partial charge in [-0.2, -0.15) is 0 Å². The molecule has 0 unspecified atom stereocenters. The minimum Gasteiger partial charge on any atom is -0.399 e. The Morgan fingerprint density at radius 3 is 2.39 bits per heavy atom. The third kappa shape index (κ3) is 4.09. The van der Waals surface area contributed by atoms with Crippen molar-refractivity contribution in [1.29, 1.82) is 5.41 Å². The zero-order chi connectivity index (χ0) is 24.0. The molecule has 2 heterocycles. The van der Waals surface area contributed by atoms with E-state index in [1.165, 1.54) is 10.5 Å². The zero-order valence-electron chi connectivity index (χ0n) is 19.8. The lowest BCUT2D eigenvalue weighted by Crippen LogP contribution is -2.62. The summed E-state index contributed by atoms with van der Waals surface area (Å²) in [6.07, 6.45) is 3.56. The summed E-state index contributed by atoms with van der Waals surface area (Å²) in [6, 6.07) is 17.9. The maximum absolute atomic E-state index is 13.5. The van der Waals surface area contributed by atoms with Crippen LogP contribution in [0.4, 0.5) is 5.69 Å². The van der Waals surface area contributed by atoms with Gasteiger partial charge in [0.25, 0.3) is 0 Å². The molecule has 1 saturated heterocycles. The molecular weight excluding hydrogens is 410 g/mol. The van der Waals surface area contributed by atoms with Gasteiger partial charge in [0, 0.05) is 30.7 Å². The lowest BCUT2D eigenvalue weighted by molar-refractivity contribution is -0.131. The zero-order valence-corrected chi connectivity index (χ0v) is 19.8. The molecule has 1 aliphatic heterocycles. The quantitative estimate of drug-likeness (QED) is 0.517. The van der Waals surface area contributed by atoms with Crippen LogP contribution in [0.3, 0.4) is 0 Å². The number of guanidine groups is 1. The van der Waals surface area contributed by atoms with E-state index in [9.17, 15) is 4.79 Å². The summed E-state index contributed by atoms with van der Waals surface area (Å²) < 4.78 is 0. The predicted octanol–water partition coefficient (Wildman–Crippen LogP) is 4.62. The first-order chi connectivity index (χ1) is 15.5. The highest BCUT2D eigenvalue weighted by Crippen LogP contribution is 2.42. The van der Waals surface area contributed by atoms with Gasteiger partial charge in [-0.15, -0.1) is 0 Å². The van der Waals surface area contributed by atoms with Crippen molar-refractivity contribution in [2.45, 2.75) is 44.6 Å². The van der Waals surface area contributed by atoms with Crippen LogP contribution in [0.2, 0.25) is 0 Å². The Bertz CT molecular complexity index is 1210. The van der Waals surface area contributed by atoms with Gasteiger partial charge in [0.05, 0.1) is 11.5 Å². The molecule has 2 atom stereocenters. The SMILES string of the molecule is CN1C(=N)N[C@](C)(c2cncc(-c3cccc(N)c3)c2)[C@@H](c2ccc(C(C)(C)C)cc2)C1=O. The molecule has 0 saturated carbocycles. The monoisotopic (exact) mass is 441 g/mol. The molecule has 0 bridgehead atoms. The van der Waals surface area contributed by atoms with E-state index in [0.717, 1.165) is 22.3 Å². The second-order valence-electron chi connectivity index (χ2n) is 9.97. The summed E-state index contributed by atoms with van der Waals surface area (Å²) >= 11 is 0. The van der Waals surface area contributed by atoms with Crippen molar-refractivity contribution in [1.82, 2.24) is 15.2 Å². The Morgan fingerprint density at radius 1 is 1.06 bits per heavy atom. The minimum absolute atomic E-state index is 0.0192. The summed E-state index contributed by atoms with van der Waals surface area (Å²) in [7, 11) is 1.63. The third-order valence-corrected chi connectivity index (χ3v) is 6.54. The van der Waals surface area contributed by atoms with Crippen molar-refractivity contribution in [2.75, 3.05) is 12.8 Å². The van der Waals surface area contributed by atoms with E-state index in [0.29, 0.717) is 5.69 Å². The van der Waals surface area contributed by atoms with Gasteiger partial charge in [-0.25, -0.2) is 0 Å². The molecule has 170 valence electrons. The van der Waals surface area contributed by atoms with Crippen molar-refractivity contribution < 1.29 is 4.79 Å². The number of aromatic nitrogens is 1. The van der Waals surface area contributed by atoms with Crippen molar-refractivity contribution in [3.63, 3.8) is 0 Å². The standard InChI is InChI=1S/C27H31N5O/c1-26(2,3)20-11-9-17(10-12-20)23-24(33)32(5)25(29)31-27(23,4)21-13-19(15-30-16-21)18-7-6-8-22(28)14-18/h6-16,23H,28H2,1-5H3,(H2,29,31)/t23-,27+/m0/s1. The van der Waals surface area contributed by atoms with Crippen molar-refractivity contribution in [2.24, 2.45) is 0 Å². The smallest absolute Gasteiger partial charge is 0.239 e. The number of amides is 1. The number of carbonyl (C=O) groups is 1. The van der Waals surface area contributed by atoms with E-state index in [4.69, 9.17) is 11.1 Å². The first-order valence-corrected chi connectivity index (χ1v) is 11.1. The molecule has 1 aromatic heterocycles. The number of pyridine rings is 1. The number of rotatable bonds is 3. The second-order valence-corrected chi connectivity index (χ2v) is 9.97. The van der Waals surface area contributed by atoms with Crippen molar-refractivity contribution >= 4 is 17.6 Å². The highest BCUT2D eigenvalue weighted by atomic mass is 16.2. The van der Waals surface area contributed by atoms with E-state index >= 15 is 0 Å². The number of nitrogen functional groups attached to an aromatic ring is 1. The molecule has 0 aliphatic carbocycles. The number of nitrogens with one attached hydrogen (secondary N) is 2. The van der Waals surface area contributed by atoms with Gasteiger partial charge in [0.2, 0.25) is 5.91 Å². The molecule has 1 aliphatic rings.